The van der Waals surface area contributed by atoms with Gasteiger partial charge in [-0.05, 0) is 36.8 Å². The van der Waals surface area contributed by atoms with Crippen LogP contribution in [0.1, 0.15) is 28.8 Å². The normalized spacial score (nSPS) is 16.3. The SMILES string of the molecule is CSCc1ccc(C(=O)NCC2(CO)CC2)cc1. The van der Waals surface area contributed by atoms with E-state index in [1.54, 1.807) is 11.8 Å². The molecule has 1 aliphatic carbocycles. The monoisotopic (exact) mass is 265 g/mol. The fourth-order valence-corrected chi connectivity index (χ4v) is 2.38. The molecule has 0 spiro atoms. The molecule has 0 aromatic heterocycles. The summed E-state index contributed by atoms with van der Waals surface area (Å²) in [6.07, 6.45) is 4.08. The number of carbonyl (C=O) groups excluding carboxylic acids is 1. The summed E-state index contributed by atoms with van der Waals surface area (Å²) < 4.78 is 0. The molecule has 1 saturated carbocycles. The second-order valence-electron chi connectivity index (χ2n) is 4.97. The van der Waals surface area contributed by atoms with Gasteiger partial charge in [0.2, 0.25) is 0 Å². The van der Waals surface area contributed by atoms with Crippen LogP contribution < -0.4 is 5.32 Å². The van der Waals surface area contributed by atoms with E-state index < -0.39 is 0 Å². The highest BCUT2D eigenvalue weighted by Gasteiger charge is 2.42. The number of carbonyl (C=O) groups is 1. The standard InChI is InChI=1S/C14H19NO2S/c1-18-8-11-2-4-12(5-3-11)13(17)15-9-14(10-16)6-7-14/h2-5,16H,6-10H2,1H3,(H,15,17). The van der Waals surface area contributed by atoms with Crippen LogP contribution >= 0.6 is 11.8 Å². The Labute approximate surface area is 112 Å². The molecule has 1 amide bonds. The van der Waals surface area contributed by atoms with Gasteiger partial charge in [-0.2, -0.15) is 11.8 Å². The third-order valence-corrected chi connectivity index (χ3v) is 4.07. The summed E-state index contributed by atoms with van der Waals surface area (Å²) in [5.41, 5.74) is 1.88. The van der Waals surface area contributed by atoms with E-state index in [0.717, 1.165) is 18.6 Å². The van der Waals surface area contributed by atoms with Crippen LogP contribution in [0.3, 0.4) is 0 Å². The fraction of sp³-hybridized carbons (Fsp3) is 0.500. The maximum Gasteiger partial charge on any atom is 0.251 e. The molecule has 0 atom stereocenters. The maximum absolute atomic E-state index is 11.9. The summed E-state index contributed by atoms with van der Waals surface area (Å²) in [6, 6.07) is 7.70. The molecule has 4 heteroatoms. The summed E-state index contributed by atoms with van der Waals surface area (Å²) in [4.78, 5) is 11.9. The lowest BCUT2D eigenvalue weighted by Crippen LogP contribution is -2.31. The number of aliphatic hydroxyl groups is 1. The van der Waals surface area contributed by atoms with Crippen molar-refractivity contribution in [2.75, 3.05) is 19.4 Å². The second kappa shape index (κ2) is 5.76. The summed E-state index contributed by atoms with van der Waals surface area (Å²) in [7, 11) is 0. The van der Waals surface area contributed by atoms with Gasteiger partial charge in [0.15, 0.2) is 0 Å². The molecule has 1 fully saturated rings. The molecule has 1 aliphatic rings. The van der Waals surface area contributed by atoms with Crippen molar-refractivity contribution < 1.29 is 9.90 Å². The quantitative estimate of drug-likeness (QED) is 0.827. The van der Waals surface area contributed by atoms with Crippen molar-refractivity contribution in [3.8, 4) is 0 Å². The molecule has 0 heterocycles. The highest BCUT2D eigenvalue weighted by molar-refractivity contribution is 7.97. The van der Waals surface area contributed by atoms with Gasteiger partial charge in [0.25, 0.3) is 5.91 Å². The lowest BCUT2D eigenvalue weighted by atomic mass is 10.1. The summed E-state index contributed by atoms with van der Waals surface area (Å²) in [5, 5.41) is 12.1. The van der Waals surface area contributed by atoms with Gasteiger partial charge >= 0.3 is 0 Å². The molecule has 2 rings (SSSR count). The summed E-state index contributed by atoms with van der Waals surface area (Å²) >= 11 is 1.77. The first kappa shape index (κ1) is 13.4. The van der Waals surface area contributed by atoms with E-state index in [2.05, 4.69) is 11.6 Å². The van der Waals surface area contributed by atoms with Crippen LogP contribution in [0.4, 0.5) is 0 Å². The van der Waals surface area contributed by atoms with Crippen LogP contribution in [-0.2, 0) is 5.75 Å². The molecule has 98 valence electrons. The van der Waals surface area contributed by atoms with E-state index in [1.807, 2.05) is 24.3 Å². The molecule has 0 radical (unpaired) electrons. The Morgan fingerprint density at radius 1 is 1.39 bits per heavy atom. The fourth-order valence-electron chi connectivity index (χ4n) is 1.86. The van der Waals surface area contributed by atoms with Crippen molar-refractivity contribution >= 4 is 17.7 Å². The number of aliphatic hydroxyl groups excluding tert-OH is 1. The molecule has 0 bridgehead atoms. The number of rotatable bonds is 6. The van der Waals surface area contributed by atoms with Gasteiger partial charge < -0.3 is 10.4 Å². The van der Waals surface area contributed by atoms with Gasteiger partial charge in [-0.3, -0.25) is 4.79 Å². The van der Waals surface area contributed by atoms with Crippen LogP contribution in [-0.4, -0.2) is 30.4 Å². The minimum absolute atomic E-state index is 0.0333. The zero-order valence-electron chi connectivity index (χ0n) is 10.6. The highest BCUT2D eigenvalue weighted by atomic mass is 32.2. The molecule has 0 saturated heterocycles. The molecule has 2 N–H and O–H groups in total. The van der Waals surface area contributed by atoms with Gasteiger partial charge in [-0.25, -0.2) is 0 Å². The van der Waals surface area contributed by atoms with E-state index in [-0.39, 0.29) is 17.9 Å². The maximum atomic E-state index is 11.9. The zero-order chi connectivity index (χ0) is 13.0. The molecular formula is C14H19NO2S. The zero-order valence-corrected chi connectivity index (χ0v) is 11.4. The van der Waals surface area contributed by atoms with E-state index in [0.29, 0.717) is 12.1 Å². The predicted molar refractivity (Wildman–Crippen MR) is 74.7 cm³/mol. The van der Waals surface area contributed by atoms with E-state index >= 15 is 0 Å². The van der Waals surface area contributed by atoms with Crippen LogP contribution in [0, 0.1) is 5.41 Å². The van der Waals surface area contributed by atoms with E-state index in [1.165, 1.54) is 5.56 Å². The number of hydrogen-bond acceptors (Lipinski definition) is 3. The second-order valence-corrected chi connectivity index (χ2v) is 5.84. The van der Waals surface area contributed by atoms with E-state index in [9.17, 15) is 9.90 Å². The number of nitrogens with one attached hydrogen (secondary N) is 1. The first-order valence-corrected chi connectivity index (χ1v) is 7.55. The lowest BCUT2D eigenvalue weighted by Gasteiger charge is -2.12. The Morgan fingerprint density at radius 3 is 2.56 bits per heavy atom. The molecule has 1 aromatic carbocycles. The van der Waals surface area contributed by atoms with Gasteiger partial charge in [0.05, 0.1) is 6.61 Å². The Balaban J connectivity index is 1.88. The topological polar surface area (TPSA) is 49.3 Å². The van der Waals surface area contributed by atoms with Crippen LogP contribution in [0.5, 0.6) is 0 Å². The highest BCUT2D eigenvalue weighted by Crippen LogP contribution is 2.44. The van der Waals surface area contributed by atoms with Gasteiger partial charge in [0, 0.05) is 23.3 Å². The number of amides is 1. The lowest BCUT2D eigenvalue weighted by molar-refractivity contribution is 0.0935. The van der Waals surface area contributed by atoms with Crippen molar-refractivity contribution in [2.24, 2.45) is 5.41 Å². The Hall–Kier alpha value is -1.00. The molecule has 0 unspecified atom stereocenters. The molecule has 18 heavy (non-hydrogen) atoms. The molecule has 3 nitrogen and oxygen atoms in total. The minimum atomic E-state index is -0.0505. The van der Waals surface area contributed by atoms with Crippen molar-refractivity contribution in [1.82, 2.24) is 5.32 Å². The van der Waals surface area contributed by atoms with Gasteiger partial charge in [-0.1, -0.05) is 12.1 Å². The first-order chi connectivity index (χ1) is 8.69. The largest absolute Gasteiger partial charge is 0.396 e. The van der Waals surface area contributed by atoms with Crippen molar-refractivity contribution in [1.29, 1.82) is 0 Å². The van der Waals surface area contributed by atoms with Crippen LogP contribution in [0.25, 0.3) is 0 Å². The predicted octanol–water partition coefficient (Wildman–Crippen LogP) is 2.05. The third-order valence-electron chi connectivity index (χ3n) is 3.44. The van der Waals surface area contributed by atoms with Gasteiger partial charge in [-0.15, -0.1) is 0 Å². The first-order valence-electron chi connectivity index (χ1n) is 6.16. The van der Waals surface area contributed by atoms with Crippen molar-refractivity contribution in [3.05, 3.63) is 35.4 Å². The van der Waals surface area contributed by atoms with E-state index in [4.69, 9.17) is 0 Å². The molecular weight excluding hydrogens is 246 g/mol. The Bertz CT molecular complexity index is 412. The molecule has 0 aliphatic heterocycles. The number of hydrogen-bond donors (Lipinski definition) is 2. The number of benzene rings is 1. The average Bonchev–Trinajstić information content (AvgIpc) is 3.18. The van der Waals surface area contributed by atoms with Crippen LogP contribution in [0.15, 0.2) is 24.3 Å². The van der Waals surface area contributed by atoms with Crippen molar-refractivity contribution in [3.63, 3.8) is 0 Å². The smallest absolute Gasteiger partial charge is 0.251 e. The number of thioether (sulfide) groups is 1. The Morgan fingerprint density at radius 2 is 2.06 bits per heavy atom. The van der Waals surface area contributed by atoms with Gasteiger partial charge in [0.1, 0.15) is 0 Å². The molecule has 1 aromatic rings. The van der Waals surface area contributed by atoms with Crippen molar-refractivity contribution in [2.45, 2.75) is 18.6 Å². The average molecular weight is 265 g/mol. The Kier molecular flexibility index (Phi) is 4.30. The summed E-state index contributed by atoms with van der Waals surface area (Å²) in [5.74, 6) is 0.917. The third kappa shape index (κ3) is 3.27. The van der Waals surface area contributed by atoms with Crippen LogP contribution in [0.2, 0.25) is 0 Å². The minimum Gasteiger partial charge on any atom is -0.396 e. The summed E-state index contributed by atoms with van der Waals surface area (Å²) in [6.45, 7) is 0.745.